The van der Waals surface area contributed by atoms with Gasteiger partial charge in [-0.3, -0.25) is 0 Å². The summed E-state index contributed by atoms with van der Waals surface area (Å²) in [6.45, 7) is 0. The summed E-state index contributed by atoms with van der Waals surface area (Å²) in [5, 5.41) is 27.8. The number of thioether (sulfide) groups is 1. The van der Waals surface area contributed by atoms with E-state index in [1.807, 2.05) is 0 Å². The smallest absolute Gasteiger partial charge is 0.335 e. The Bertz CT molecular complexity index is 486. The quantitative estimate of drug-likeness (QED) is 0.461. The molecule has 90 valence electrons. The minimum atomic E-state index is -1.27. The molecule has 1 aromatic rings. The Hall–Kier alpha value is -2.02. The van der Waals surface area contributed by atoms with Crippen molar-refractivity contribution in [2.24, 2.45) is 15.9 Å². The molecule has 6 nitrogen and oxygen atoms in total. The molecule has 1 rings (SSSR count). The first-order valence-electron chi connectivity index (χ1n) is 4.50. The number of para-hydroxylation sites is 1. The zero-order valence-corrected chi connectivity index (χ0v) is 9.77. The summed E-state index contributed by atoms with van der Waals surface area (Å²) in [5.41, 5.74) is 5.24. The molecular formula is C10H10N3O3S-. The maximum atomic E-state index is 11.6. The molecule has 0 atom stereocenters. The molecule has 0 aliphatic rings. The topological polar surface area (TPSA) is 111 Å². The van der Waals surface area contributed by atoms with Crippen molar-refractivity contribution in [3.63, 3.8) is 0 Å². The number of aromatic carboxylic acids is 1. The summed E-state index contributed by atoms with van der Waals surface area (Å²) in [4.78, 5) is 10.7. The second kappa shape index (κ2) is 5.90. The van der Waals surface area contributed by atoms with Crippen LogP contribution in [0.3, 0.4) is 0 Å². The number of carbonyl (C=O) groups is 1. The number of rotatable bonds is 3. The molecule has 0 aromatic heterocycles. The van der Waals surface area contributed by atoms with E-state index in [0.717, 1.165) is 0 Å². The van der Waals surface area contributed by atoms with E-state index >= 15 is 0 Å². The van der Waals surface area contributed by atoms with Crippen LogP contribution in [0.4, 0.5) is 0 Å². The Labute approximate surface area is 102 Å². The van der Waals surface area contributed by atoms with Crippen molar-refractivity contribution >= 4 is 29.1 Å². The van der Waals surface area contributed by atoms with Crippen LogP contribution in [0.5, 0.6) is 5.75 Å². The Morgan fingerprint density at radius 3 is 2.88 bits per heavy atom. The van der Waals surface area contributed by atoms with E-state index < -0.39 is 11.7 Å². The van der Waals surface area contributed by atoms with Gasteiger partial charge in [0.25, 0.3) is 0 Å². The van der Waals surface area contributed by atoms with Crippen molar-refractivity contribution in [1.82, 2.24) is 0 Å². The Morgan fingerprint density at radius 1 is 1.59 bits per heavy atom. The highest BCUT2D eigenvalue weighted by Gasteiger charge is 2.04. The largest absolute Gasteiger partial charge is 0.871 e. The van der Waals surface area contributed by atoms with Crippen LogP contribution in [0, 0.1) is 0 Å². The average Bonchev–Trinajstić information content (AvgIpc) is 2.30. The molecule has 0 spiro atoms. The van der Waals surface area contributed by atoms with Gasteiger partial charge in [0.05, 0.1) is 11.8 Å². The number of hydrogen-bond acceptors (Lipinski definition) is 5. The van der Waals surface area contributed by atoms with Crippen LogP contribution in [0.25, 0.3) is 0 Å². The predicted octanol–water partition coefficient (Wildman–Crippen LogP) is 0.470. The highest BCUT2D eigenvalue weighted by Crippen LogP contribution is 2.17. The van der Waals surface area contributed by atoms with Crippen LogP contribution in [0.2, 0.25) is 0 Å². The third kappa shape index (κ3) is 3.49. The van der Waals surface area contributed by atoms with Gasteiger partial charge in [-0.2, -0.15) is 5.10 Å². The molecule has 0 fully saturated rings. The molecule has 0 aliphatic carbocycles. The lowest BCUT2D eigenvalue weighted by molar-refractivity contribution is -0.269. The first-order chi connectivity index (χ1) is 8.06. The van der Waals surface area contributed by atoms with Crippen LogP contribution in [-0.4, -0.2) is 28.7 Å². The van der Waals surface area contributed by atoms with E-state index in [4.69, 9.17) is 10.8 Å². The molecular weight excluding hydrogens is 242 g/mol. The Kier molecular flexibility index (Phi) is 4.53. The fourth-order valence-corrected chi connectivity index (χ4v) is 1.14. The van der Waals surface area contributed by atoms with Crippen LogP contribution in [0.1, 0.15) is 15.9 Å². The van der Waals surface area contributed by atoms with Crippen LogP contribution in [0.15, 0.2) is 28.4 Å². The summed E-state index contributed by atoms with van der Waals surface area (Å²) < 4.78 is 0. The number of carboxylic acids is 1. The van der Waals surface area contributed by atoms with Crippen LogP contribution < -0.4 is 10.8 Å². The van der Waals surface area contributed by atoms with Gasteiger partial charge in [0.1, 0.15) is 0 Å². The van der Waals surface area contributed by atoms with Gasteiger partial charge in [-0.1, -0.05) is 29.6 Å². The van der Waals surface area contributed by atoms with Gasteiger partial charge in [0.2, 0.25) is 0 Å². The van der Waals surface area contributed by atoms with E-state index in [2.05, 4.69) is 10.2 Å². The lowest BCUT2D eigenvalue weighted by Crippen LogP contribution is -2.07. The zero-order chi connectivity index (χ0) is 12.8. The molecule has 7 heteroatoms. The van der Waals surface area contributed by atoms with Crippen molar-refractivity contribution in [1.29, 1.82) is 0 Å². The van der Waals surface area contributed by atoms with Gasteiger partial charge in [-0.05, 0) is 17.9 Å². The van der Waals surface area contributed by atoms with Gasteiger partial charge < -0.3 is 15.9 Å². The first kappa shape index (κ1) is 13.0. The van der Waals surface area contributed by atoms with Crippen molar-refractivity contribution < 1.29 is 15.0 Å². The minimum Gasteiger partial charge on any atom is -0.871 e. The Morgan fingerprint density at radius 2 is 2.29 bits per heavy atom. The van der Waals surface area contributed by atoms with Gasteiger partial charge in [0, 0.05) is 0 Å². The molecule has 0 unspecified atom stereocenters. The standard InChI is InChI=1S/C10H11N3O3S/c1-17-10(11)13-12-5-6-3-2-4-7(8(6)14)9(15)16/h2-5,14H,1H3,(H2,11,13)(H,15,16)/p-1/b12-5+. The number of nitrogens with two attached hydrogens (primary N) is 1. The number of benzene rings is 1. The molecule has 0 aliphatic heterocycles. The third-order valence-corrected chi connectivity index (χ3v) is 2.34. The highest BCUT2D eigenvalue weighted by atomic mass is 32.2. The summed E-state index contributed by atoms with van der Waals surface area (Å²) in [6, 6.07) is 4.17. The molecule has 0 saturated carbocycles. The lowest BCUT2D eigenvalue weighted by atomic mass is 10.1. The van der Waals surface area contributed by atoms with Crippen molar-refractivity contribution in [2.75, 3.05) is 6.26 Å². The number of hydrogen-bond donors (Lipinski definition) is 2. The molecule has 3 N–H and O–H groups in total. The number of carboxylic acid groups (broad SMARTS) is 1. The van der Waals surface area contributed by atoms with E-state index in [9.17, 15) is 9.90 Å². The maximum Gasteiger partial charge on any atom is 0.335 e. The van der Waals surface area contributed by atoms with Gasteiger partial charge in [-0.15, -0.1) is 5.10 Å². The average molecular weight is 252 g/mol. The monoisotopic (exact) mass is 252 g/mol. The highest BCUT2D eigenvalue weighted by molar-refractivity contribution is 8.13. The third-order valence-electron chi connectivity index (χ3n) is 1.84. The number of nitrogens with zero attached hydrogens (tertiary/aromatic N) is 2. The fourth-order valence-electron chi connectivity index (χ4n) is 1.01. The second-order valence-electron chi connectivity index (χ2n) is 2.92. The van der Waals surface area contributed by atoms with Gasteiger partial charge >= 0.3 is 5.97 Å². The molecule has 0 radical (unpaired) electrons. The summed E-state index contributed by atoms with van der Waals surface area (Å²) in [5.74, 6) is -1.86. The van der Waals surface area contributed by atoms with Crippen molar-refractivity contribution in [3.8, 4) is 5.75 Å². The molecule has 0 bridgehead atoms. The lowest BCUT2D eigenvalue weighted by Gasteiger charge is -2.12. The van der Waals surface area contributed by atoms with E-state index in [0.29, 0.717) is 0 Å². The van der Waals surface area contributed by atoms with Gasteiger partial charge in [0.15, 0.2) is 5.17 Å². The summed E-state index contributed by atoms with van der Waals surface area (Å²) in [6.07, 6.45) is 2.91. The van der Waals surface area contributed by atoms with Crippen LogP contribution in [-0.2, 0) is 0 Å². The number of amidine groups is 1. The second-order valence-corrected chi connectivity index (χ2v) is 3.74. The molecule has 0 amide bonds. The van der Waals surface area contributed by atoms with E-state index in [1.165, 1.54) is 36.2 Å². The normalized spacial score (nSPS) is 11.9. The molecule has 0 heterocycles. The molecule has 1 aromatic carbocycles. The summed E-state index contributed by atoms with van der Waals surface area (Å²) in [7, 11) is 0. The van der Waals surface area contributed by atoms with E-state index in [1.54, 1.807) is 6.26 Å². The minimum absolute atomic E-state index is 0.155. The maximum absolute atomic E-state index is 11.6. The summed E-state index contributed by atoms with van der Waals surface area (Å²) >= 11 is 1.21. The first-order valence-corrected chi connectivity index (χ1v) is 5.72. The molecule has 17 heavy (non-hydrogen) atoms. The van der Waals surface area contributed by atoms with E-state index in [-0.39, 0.29) is 16.3 Å². The van der Waals surface area contributed by atoms with Gasteiger partial charge in [-0.25, -0.2) is 4.79 Å². The van der Waals surface area contributed by atoms with Crippen molar-refractivity contribution in [3.05, 3.63) is 29.3 Å². The van der Waals surface area contributed by atoms with Crippen LogP contribution >= 0.6 is 11.8 Å². The Balaban J connectivity index is 3.00. The molecule has 0 saturated heterocycles. The predicted molar refractivity (Wildman–Crippen MR) is 65.6 cm³/mol. The SMILES string of the molecule is CS/C(N)=N\N=C\c1cccc(C(=O)O)c1[O-]. The zero-order valence-electron chi connectivity index (χ0n) is 8.95. The van der Waals surface area contributed by atoms with Crippen molar-refractivity contribution in [2.45, 2.75) is 0 Å². The fraction of sp³-hybridized carbons (Fsp3) is 0.100.